The molecule has 2 heterocycles. The first-order chi connectivity index (χ1) is 13.1. The van der Waals surface area contributed by atoms with E-state index in [4.69, 9.17) is 4.74 Å². The molecule has 27 heavy (non-hydrogen) atoms. The predicted molar refractivity (Wildman–Crippen MR) is 105 cm³/mol. The van der Waals surface area contributed by atoms with Crippen LogP contribution in [0.2, 0.25) is 0 Å². The first-order valence-electron chi connectivity index (χ1n) is 9.15. The summed E-state index contributed by atoms with van der Waals surface area (Å²) in [6, 6.07) is 10.6. The van der Waals surface area contributed by atoms with E-state index in [9.17, 15) is 9.18 Å². The Morgan fingerprint density at radius 3 is 3.00 bits per heavy atom. The number of hydrogen-bond acceptors (Lipinski definition) is 4. The molecule has 0 bridgehead atoms. The van der Waals surface area contributed by atoms with Gasteiger partial charge in [-0.3, -0.25) is 4.79 Å². The summed E-state index contributed by atoms with van der Waals surface area (Å²) in [4.78, 5) is 12.2. The monoisotopic (exact) mass is 367 g/mol. The average Bonchev–Trinajstić information content (AvgIpc) is 3.27. The summed E-state index contributed by atoms with van der Waals surface area (Å²) in [6.45, 7) is 3.34. The highest BCUT2D eigenvalue weighted by molar-refractivity contribution is 6.32. The zero-order valence-electron chi connectivity index (χ0n) is 15.1. The predicted octanol–water partition coefficient (Wildman–Crippen LogP) is 4.13. The minimum Gasteiger partial charge on any atom is -0.380 e. The van der Waals surface area contributed by atoms with Gasteiger partial charge >= 0.3 is 0 Å². The molecule has 1 fully saturated rings. The van der Waals surface area contributed by atoms with E-state index >= 15 is 0 Å². The second-order valence-corrected chi connectivity index (χ2v) is 6.86. The van der Waals surface area contributed by atoms with Gasteiger partial charge in [0.05, 0.1) is 17.4 Å². The normalized spacial score (nSPS) is 19.9. The van der Waals surface area contributed by atoms with E-state index in [1.807, 2.05) is 25.1 Å². The van der Waals surface area contributed by atoms with Crippen LogP contribution in [0.15, 0.2) is 42.6 Å². The molecule has 1 amide bonds. The molecular formula is C21H22FN3O2. The number of halogens is 1. The second-order valence-electron chi connectivity index (χ2n) is 6.86. The quantitative estimate of drug-likeness (QED) is 0.696. The Kier molecular flexibility index (Phi) is 4.81. The number of nitrogens with one attached hydrogen (secondary N) is 3. The molecule has 0 aliphatic carbocycles. The number of amides is 1. The van der Waals surface area contributed by atoms with Crippen molar-refractivity contribution in [2.75, 3.05) is 29.1 Å². The Morgan fingerprint density at radius 2 is 2.22 bits per heavy atom. The van der Waals surface area contributed by atoms with Gasteiger partial charge in [-0.25, -0.2) is 4.39 Å². The van der Waals surface area contributed by atoms with Crippen molar-refractivity contribution in [3.05, 3.63) is 59.5 Å². The molecule has 2 aliphatic rings. The number of aryl methyl sites for hydroxylation is 1. The van der Waals surface area contributed by atoms with Crippen molar-refractivity contribution in [1.82, 2.24) is 0 Å². The van der Waals surface area contributed by atoms with Gasteiger partial charge in [-0.2, -0.15) is 0 Å². The zero-order chi connectivity index (χ0) is 18.8. The molecule has 0 saturated carbocycles. The van der Waals surface area contributed by atoms with Gasteiger partial charge < -0.3 is 20.7 Å². The Bertz CT molecular complexity index is 904. The fourth-order valence-electron chi connectivity index (χ4n) is 3.50. The van der Waals surface area contributed by atoms with Gasteiger partial charge in [0.2, 0.25) is 0 Å². The number of anilines is 3. The molecule has 0 spiro atoms. The van der Waals surface area contributed by atoms with Gasteiger partial charge in [-0.05, 0) is 49.6 Å². The lowest BCUT2D eigenvalue weighted by Gasteiger charge is -2.13. The van der Waals surface area contributed by atoms with E-state index in [-0.39, 0.29) is 17.8 Å². The van der Waals surface area contributed by atoms with Crippen LogP contribution in [-0.4, -0.2) is 25.2 Å². The van der Waals surface area contributed by atoms with Crippen molar-refractivity contribution < 1.29 is 13.9 Å². The van der Waals surface area contributed by atoms with Crippen LogP contribution in [0.25, 0.3) is 5.57 Å². The highest BCUT2D eigenvalue weighted by Gasteiger charge is 2.25. The molecule has 2 aliphatic heterocycles. The van der Waals surface area contributed by atoms with E-state index in [0.717, 1.165) is 36.3 Å². The van der Waals surface area contributed by atoms with Gasteiger partial charge in [-0.1, -0.05) is 12.1 Å². The van der Waals surface area contributed by atoms with E-state index in [2.05, 4.69) is 16.0 Å². The Balaban J connectivity index is 1.46. The van der Waals surface area contributed by atoms with Gasteiger partial charge in [0, 0.05) is 36.3 Å². The van der Waals surface area contributed by atoms with Crippen molar-refractivity contribution >= 4 is 28.5 Å². The Morgan fingerprint density at radius 1 is 1.33 bits per heavy atom. The number of fused-ring (bicyclic) bond motifs is 1. The van der Waals surface area contributed by atoms with Crippen molar-refractivity contribution in [1.29, 1.82) is 0 Å². The van der Waals surface area contributed by atoms with Crippen LogP contribution in [0, 0.1) is 12.7 Å². The van der Waals surface area contributed by atoms with Crippen LogP contribution in [0.1, 0.15) is 24.0 Å². The first kappa shape index (κ1) is 17.5. The van der Waals surface area contributed by atoms with Gasteiger partial charge in [0.1, 0.15) is 5.82 Å². The minimum absolute atomic E-state index is 0.149. The molecule has 2 aromatic rings. The van der Waals surface area contributed by atoms with Crippen molar-refractivity contribution in [2.24, 2.45) is 0 Å². The van der Waals surface area contributed by atoms with Crippen molar-refractivity contribution in [3.8, 4) is 0 Å². The van der Waals surface area contributed by atoms with Crippen LogP contribution in [-0.2, 0) is 9.53 Å². The van der Waals surface area contributed by atoms with E-state index < -0.39 is 0 Å². The lowest BCUT2D eigenvalue weighted by atomic mass is 10.0. The van der Waals surface area contributed by atoms with E-state index in [1.165, 1.54) is 6.07 Å². The maximum absolute atomic E-state index is 14.4. The molecule has 1 saturated heterocycles. The summed E-state index contributed by atoms with van der Waals surface area (Å²) in [5.74, 6) is -0.508. The molecular weight excluding hydrogens is 345 g/mol. The summed E-state index contributed by atoms with van der Waals surface area (Å²) in [6.07, 6.45) is 3.84. The molecule has 0 radical (unpaired) electrons. The molecule has 140 valence electrons. The SMILES string of the molecule is Cc1cccc2c1/C(=C\Nc1ccc(NCC3CCCO3)c(F)c1)C(=O)N2. The standard InChI is InChI=1S/C21H22FN3O2/c1-13-4-2-6-19-20(13)16(21(26)25-19)12-23-14-7-8-18(17(22)10-14)24-11-15-5-3-9-27-15/h2,4,6-8,10,12,15,23-24H,3,5,9,11H2,1H3,(H,25,26)/b16-12+. The number of hydrogen-bond donors (Lipinski definition) is 3. The lowest BCUT2D eigenvalue weighted by molar-refractivity contribution is -0.110. The van der Waals surface area contributed by atoms with E-state index in [0.29, 0.717) is 23.5 Å². The first-order valence-corrected chi connectivity index (χ1v) is 9.15. The van der Waals surface area contributed by atoms with Crippen molar-refractivity contribution in [3.63, 3.8) is 0 Å². The highest BCUT2D eigenvalue weighted by Crippen LogP contribution is 2.34. The van der Waals surface area contributed by atoms with Crippen LogP contribution in [0.5, 0.6) is 0 Å². The summed E-state index contributed by atoms with van der Waals surface area (Å²) in [7, 11) is 0. The summed E-state index contributed by atoms with van der Waals surface area (Å²) in [5, 5.41) is 8.98. The number of carbonyl (C=O) groups is 1. The highest BCUT2D eigenvalue weighted by atomic mass is 19.1. The molecule has 1 atom stereocenters. The number of rotatable bonds is 5. The smallest absolute Gasteiger partial charge is 0.257 e. The molecule has 3 N–H and O–H groups in total. The summed E-state index contributed by atoms with van der Waals surface area (Å²) >= 11 is 0. The molecule has 2 aromatic carbocycles. The average molecular weight is 367 g/mol. The molecule has 1 unspecified atom stereocenters. The summed E-state index contributed by atoms with van der Waals surface area (Å²) in [5.41, 5.74) is 4.27. The van der Waals surface area contributed by atoms with E-state index in [1.54, 1.807) is 18.3 Å². The lowest BCUT2D eigenvalue weighted by Crippen LogP contribution is -2.18. The number of ether oxygens (including phenoxy) is 1. The molecule has 0 aromatic heterocycles. The third-order valence-corrected chi connectivity index (χ3v) is 4.93. The topological polar surface area (TPSA) is 62.4 Å². The van der Waals surface area contributed by atoms with Gasteiger partial charge in [0.25, 0.3) is 5.91 Å². The largest absolute Gasteiger partial charge is 0.380 e. The number of benzene rings is 2. The minimum atomic E-state index is -0.344. The third-order valence-electron chi connectivity index (χ3n) is 4.93. The summed E-state index contributed by atoms with van der Waals surface area (Å²) < 4.78 is 19.9. The molecule has 5 nitrogen and oxygen atoms in total. The van der Waals surface area contributed by atoms with Crippen LogP contribution in [0.3, 0.4) is 0 Å². The fraction of sp³-hybridized carbons (Fsp3) is 0.286. The van der Waals surface area contributed by atoms with Gasteiger partial charge in [-0.15, -0.1) is 0 Å². The third kappa shape index (κ3) is 3.66. The Hall–Kier alpha value is -2.86. The molecule has 4 rings (SSSR count). The maximum Gasteiger partial charge on any atom is 0.257 e. The fourth-order valence-corrected chi connectivity index (χ4v) is 3.50. The number of carbonyl (C=O) groups excluding carboxylic acids is 1. The van der Waals surface area contributed by atoms with Crippen LogP contribution < -0.4 is 16.0 Å². The van der Waals surface area contributed by atoms with Crippen LogP contribution >= 0.6 is 0 Å². The zero-order valence-corrected chi connectivity index (χ0v) is 15.1. The van der Waals surface area contributed by atoms with Gasteiger partial charge in [0.15, 0.2) is 0 Å². The van der Waals surface area contributed by atoms with Crippen molar-refractivity contribution in [2.45, 2.75) is 25.9 Å². The second kappa shape index (κ2) is 7.40. The Labute approximate surface area is 157 Å². The molecule has 6 heteroatoms. The van der Waals surface area contributed by atoms with Crippen LogP contribution in [0.4, 0.5) is 21.5 Å². The maximum atomic E-state index is 14.4.